The van der Waals surface area contributed by atoms with Gasteiger partial charge in [-0.3, -0.25) is 0 Å². The summed E-state index contributed by atoms with van der Waals surface area (Å²) in [5.41, 5.74) is 0. The van der Waals surface area contributed by atoms with E-state index in [9.17, 15) is 0 Å². The van der Waals surface area contributed by atoms with E-state index in [-0.39, 0.29) is 22.3 Å². The maximum absolute atomic E-state index is 5.02. The summed E-state index contributed by atoms with van der Waals surface area (Å²) in [6, 6.07) is 0. The minimum Gasteiger partial charge on any atom is -0.412 e. The van der Waals surface area contributed by atoms with Crippen molar-refractivity contribution in [3.8, 4) is 0 Å². The number of ether oxygens (including phenoxy) is 1. The Kier molecular flexibility index (Phi) is 21.3. The predicted octanol–water partition coefficient (Wildman–Crippen LogP) is 2.02. The van der Waals surface area contributed by atoms with E-state index in [1.165, 1.54) is 25.7 Å². The average Bonchev–Trinajstić information content (AvgIpc) is 1.98. The van der Waals surface area contributed by atoms with Gasteiger partial charge in [-0.1, -0.05) is 33.1 Å². The van der Waals surface area contributed by atoms with Crippen molar-refractivity contribution in [3.05, 3.63) is 0 Å². The molecule has 0 amide bonds. The Labute approximate surface area is 86.6 Å². The summed E-state index contributed by atoms with van der Waals surface area (Å²) in [6.07, 6.45) is 5.21. The van der Waals surface area contributed by atoms with Crippen LogP contribution in [-0.2, 0) is 21.5 Å². The van der Waals surface area contributed by atoms with E-state index in [1.807, 2.05) is 0 Å². The van der Waals surface area contributed by atoms with E-state index in [4.69, 9.17) is 4.74 Å². The maximum atomic E-state index is 5.02. The quantitative estimate of drug-likeness (QED) is 0.676. The van der Waals surface area contributed by atoms with Gasteiger partial charge in [0.05, 0.1) is 0 Å². The molecule has 0 spiro atoms. The van der Waals surface area contributed by atoms with E-state index >= 15 is 0 Å². The molecule has 0 aliphatic carbocycles. The van der Waals surface area contributed by atoms with E-state index in [2.05, 4.69) is 13.8 Å². The van der Waals surface area contributed by atoms with Crippen molar-refractivity contribution in [2.75, 3.05) is 13.7 Å². The number of hydrogen-bond acceptors (Lipinski definition) is 1. The van der Waals surface area contributed by atoms with Crippen molar-refractivity contribution >= 4 is 0 Å². The Balaban J connectivity index is -0.000000405. The molecule has 1 unspecified atom stereocenters. The molecule has 0 fully saturated rings. The minimum atomic E-state index is 0. The topological polar surface area (TPSA) is 40.7 Å². The maximum Gasteiger partial charge on any atom is 0.0464 e. The Morgan fingerprint density at radius 1 is 1.17 bits per heavy atom. The number of methoxy groups -OCH3 is 1. The van der Waals surface area contributed by atoms with E-state index in [0.29, 0.717) is 0 Å². The summed E-state index contributed by atoms with van der Waals surface area (Å²) in [7, 11) is 1.78. The van der Waals surface area contributed by atoms with Gasteiger partial charge in [0.15, 0.2) is 0 Å². The van der Waals surface area contributed by atoms with Crippen LogP contribution in [0.15, 0.2) is 0 Å². The summed E-state index contributed by atoms with van der Waals surface area (Å²) in [4.78, 5) is 0. The fourth-order valence-corrected chi connectivity index (χ4v) is 1.25. The monoisotopic (exact) mass is 221 g/mol. The standard InChI is InChI=1S/C9H20O.Co.H2O/c1-4-6-9(5-2)7-8-10-3;;/h9H,4-8H2,1-3H3;;1H2. The molecule has 0 aliphatic rings. The van der Waals surface area contributed by atoms with Crippen LogP contribution >= 0.6 is 0 Å². The van der Waals surface area contributed by atoms with Crippen molar-refractivity contribution in [3.63, 3.8) is 0 Å². The Morgan fingerprint density at radius 2 is 1.75 bits per heavy atom. The van der Waals surface area contributed by atoms with Gasteiger partial charge in [-0.2, -0.15) is 0 Å². The fraction of sp³-hybridized carbons (Fsp3) is 1.00. The molecule has 79 valence electrons. The minimum absolute atomic E-state index is 0. The molecule has 0 aromatic rings. The molecule has 0 aromatic carbocycles. The first-order chi connectivity index (χ1) is 4.85. The Bertz CT molecular complexity index is 69.5. The number of rotatable bonds is 6. The van der Waals surface area contributed by atoms with Crippen LogP contribution < -0.4 is 0 Å². The van der Waals surface area contributed by atoms with Gasteiger partial charge in [0.1, 0.15) is 0 Å². The van der Waals surface area contributed by atoms with Crippen LogP contribution in [0.2, 0.25) is 0 Å². The van der Waals surface area contributed by atoms with E-state index < -0.39 is 0 Å². The molecule has 1 radical (unpaired) electrons. The summed E-state index contributed by atoms with van der Waals surface area (Å²) >= 11 is 0. The Morgan fingerprint density at radius 3 is 2.08 bits per heavy atom. The van der Waals surface area contributed by atoms with Crippen LogP contribution in [0.25, 0.3) is 0 Å². The molecule has 12 heavy (non-hydrogen) atoms. The van der Waals surface area contributed by atoms with Crippen LogP contribution in [-0.4, -0.2) is 19.2 Å². The van der Waals surface area contributed by atoms with Crippen LogP contribution in [0.1, 0.15) is 39.5 Å². The van der Waals surface area contributed by atoms with Crippen molar-refractivity contribution in [1.82, 2.24) is 0 Å². The normalized spacial score (nSPS) is 11.2. The van der Waals surface area contributed by atoms with Gasteiger partial charge in [-0.05, 0) is 12.3 Å². The SMILES string of the molecule is CCCC(CC)CCOC.O.[Co]. The summed E-state index contributed by atoms with van der Waals surface area (Å²) in [5, 5.41) is 0. The summed E-state index contributed by atoms with van der Waals surface area (Å²) < 4.78 is 5.02. The van der Waals surface area contributed by atoms with Gasteiger partial charge < -0.3 is 10.2 Å². The molecule has 1 atom stereocenters. The largest absolute Gasteiger partial charge is 0.412 e. The van der Waals surface area contributed by atoms with Gasteiger partial charge in [0.25, 0.3) is 0 Å². The van der Waals surface area contributed by atoms with E-state index in [0.717, 1.165) is 12.5 Å². The van der Waals surface area contributed by atoms with Gasteiger partial charge >= 0.3 is 0 Å². The first-order valence-electron chi connectivity index (χ1n) is 4.34. The molecule has 0 rings (SSSR count). The molecule has 3 heteroatoms. The molecule has 0 aliphatic heterocycles. The smallest absolute Gasteiger partial charge is 0.0464 e. The second-order valence-corrected chi connectivity index (χ2v) is 2.84. The molecule has 0 saturated heterocycles. The van der Waals surface area contributed by atoms with Crippen LogP contribution in [0.3, 0.4) is 0 Å². The first kappa shape index (κ1) is 18.3. The zero-order valence-corrected chi connectivity index (χ0v) is 9.40. The van der Waals surface area contributed by atoms with Gasteiger partial charge in [0.2, 0.25) is 0 Å². The van der Waals surface area contributed by atoms with Crippen LogP contribution in [0, 0.1) is 5.92 Å². The third-order valence-electron chi connectivity index (χ3n) is 2.00. The third kappa shape index (κ3) is 10.4. The second kappa shape index (κ2) is 14.0. The molecule has 0 heterocycles. The average molecular weight is 221 g/mol. The van der Waals surface area contributed by atoms with Crippen molar-refractivity contribution in [2.45, 2.75) is 39.5 Å². The van der Waals surface area contributed by atoms with Crippen molar-refractivity contribution < 1.29 is 27.0 Å². The molecule has 2 nitrogen and oxygen atoms in total. The van der Waals surface area contributed by atoms with Gasteiger partial charge in [0, 0.05) is 30.5 Å². The molecule has 2 N–H and O–H groups in total. The predicted molar refractivity (Wildman–Crippen MR) is 48.8 cm³/mol. The van der Waals surface area contributed by atoms with Crippen LogP contribution in [0.5, 0.6) is 0 Å². The van der Waals surface area contributed by atoms with Gasteiger partial charge in [-0.25, -0.2) is 0 Å². The molecular formula is C9H22CoO2. The zero-order chi connectivity index (χ0) is 7.82. The summed E-state index contributed by atoms with van der Waals surface area (Å²) in [6.45, 7) is 5.43. The van der Waals surface area contributed by atoms with Crippen LogP contribution in [0.4, 0.5) is 0 Å². The summed E-state index contributed by atoms with van der Waals surface area (Å²) in [5.74, 6) is 0.893. The molecule has 0 aromatic heterocycles. The van der Waals surface area contributed by atoms with Crippen molar-refractivity contribution in [2.24, 2.45) is 5.92 Å². The van der Waals surface area contributed by atoms with Crippen molar-refractivity contribution in [1.29, 1.82) is 0 Å². The van der Waals surface area contributed by atoms with Gasteiger partial charge in [-0.15, -0.1) is 0 Å². The second-order valence-electron chi connectivity index (χ2n) is 2.84. The third-order valence-corrected chi connectivity index (χ3v) is 2.00. The molecule has 0 saturated carbocycles. The molecule has 0 bridgehead atoms. The zero-order valence-electron chi connectivity index (χ0n) is 8.35. The van der Waals surface area contributed by atoms with E-state index in [1.54, 1.807) is 7.11 Å². The number of hydrogen-bond donors (Lipinski definition) is 0. The fourth-order valence-electron chi connectivity index (χ4n) is 1.25. The first-order valence-corrected chi connectivity index (χ1v) is 4.34. The Hall–Kier alpha value is 0.426. The molecular weight excluding hydrogens is 199 g/mol.